The molecule has 100 valence electrons. The Kier molecular flexibility index (Phi) is 3.28. The van der Waals surface area contributed by atoms with E-state index in [9.17, 15) is 14.7 Å². The van der Waals surface area contributed by atoms with Crippen LogP contribution in [0.5, 0.6) is 0 Å². The molecular formula is C11H11N3O3S2. The number of aromatic nitrogens is 2. The van der Waals surface area contributed by atoms with Crippen LogP contribution < -0.4 is 0 Å². The molecule has 6 nitrogen and oxygen atoms in total. The lowest BCUT2D eigenvalue weighted by atomic mass is 10.1. The topological polar surface area (TPSA) is 86.3 Å². The Morgan fingerprint density at radius 3 is 3.16 bits per heavy atom. The predicted molar refractivity (Wildman–Crippen MR) is 72.3 cm³/mol. The lowest BCUT2D eigenvalue weighted by Gasteiger charge is -2.43. The van der Waals surface area contributed by atoms with Gasteiger partial charge >= 0.3 is 5.97 Å². The van der Waals surface area contributed by atoms with Crippen molar-refractivity contribution in [1.82, 2.24) is 15.1 Å². The van der Waals surface area contributed by atoms with E-state index >= 15 is 0 Å². The Morgan fingerprint density at radius 1 is 1.68 bits per heavy atom. The van der Waals surface area contributed by atoms with Gasteiger partial charge in [0.25, 0.3) is 0 Å². The summed E-state index contributed by atoms with van der Waals surface area (Å²) in [6, 6.07) is 0. The number of nitrogens with zero attached hydrogens (tertiary/aromatic N) is 2. The van der Waals surface area contributed by atoms with E-state index in [1.54, 1.807) is 24.2 Å². The zero-order valence-corrected chi connectivity index (χ0v) is 11.5. The Labute approximate surface area is 117 Å². The lowest BCUT2D eigenvalue weighted by molar-refractivity contribution is -0.146. The van der Waals surface area contributed by atoms with Gasteiger partial charge in [-0.15, -0.1) is 23.5 Å². The van der Waals surface area contributed by atoms with Gasteiger partial charge in [-0.3, -0.25) is 14.8 Å². The molecule has 19 heavy (non-hydrogen) atoms. The SMILES string of the molecule is O=C(O)C1=C(SCc2cn[nH]c2)CS[C@@H]2CC(=O)N12. The third kappa shape index (κ3) is 2.25. The summed E-state index contributed by atoms with van der Waals surface area (Å²) in [4.78, 5) is 25.1. The summed E-state index contributed by atoms with van der Waals surface area (Å²) in [5.41, 5.74) is 1.16. The van der Waals surface area contributed by atoms with Crippen molar-refractivity contribution in [3.05, 3.63) is 28.6 Å². The average Bonchev–Trinajstić information content (AvgIpc) is 2.88. The second-order valence-corrected chi connectivity index (χ2v) is 6.44. The smallest absolute Gasteiger partial charge is 0.353 e. The monoisotopic (exact) mass is 297 g/mol. The van der Waals surface area contributed by atoms with Crippen molar-refractivity contribution >= 4 is 35.4 Å². The first kappa shape index (κ1) is 12.6. The number of hydrogen-bond donors (Lipinski definition) is 2. The fourth-order valence-electron chi connectivity index (χ4n) is 2.02. The number of nitrogens with one attached hydrogen (secondary N) is 1. The molecule has 0 aliphatic carbocycles. The van der Waals surface area contributed by atoms with Gasteiger partial charge in [-0.1, -0.05) is 0 Å². The number of thioether (sulfide) groups is 2. The number of carboxylic acids is 1. The van der Waals surface area contributed by atoms with Crippen LogP contribution in [0, 0.1) is 0 Å². The maximum atomic E-state index is 11.5. The molecule has 8 heteroatoms. The van der Waals surface area contributed by atoms with Crippen LogP contribution in [-0.2, 0) is 15.3 Å². The summed E-state index contributed by atoms with van der Waals surface area (Å²) < 4.78 is 0. The quantitative estimate of drug-likeness (QED) is 0.813. The standard InChI is InChI=1S/C11H11N3O3S2/c15-8-1-9-14(8)10(11(16)17)7(5-19-9)18-4-6-2-12-13-3-6/h2-3,9H,1,4-5H2,(H,12,13)(H,16,17)/t9-/m1/s1. The number of amides is 1. The highest BCUT2D eigenvalue weighted by Gasteiger charge is 2.45. The first-order valence-electron chi connectivity index (χ1n) is 5.67. The molecule has 2 aliphatic rings. The highest BCUT2D eigenvalue weighted by molar-refractivity contribution is 8.05. The van der Waals surface area contributed by atoms with Gasteiger partial charge in [0, 0.05) is 28.2 Å². The molecule has 3 heterocycles. The van der Waals surface area contributed by atoms with Crippen LogP contribution in [0.4, 0.5) is 0 Å². The molecule has 0 saturated carbocycles. The Bertz CT molecular complexity index is 556. The van der Waals surface area contributed by atoms with E-state index in [1.807, 2.05) is 0 Å². The number of rotatable bonds is 4. The van der Waals surface area contributed by atoms with E-state index in [4.69, 9.17) is 0 Å². The lowest BCUT2D eigenvalue weighted by Crippen LogP contribution is -2.53. The fraction of sp³-hybridized carbons (Fsp3) is 0.364. The number of aromatic amines is 1. The number of fused-ring (bicyclic) bond motifs is 1. The van der Waals surface area contributed by atoms with Crippen LogP contribution in [0.3, 0.4) is 0 Å². The molecule has 1 fully saturated rings. The van der Waals surface area contributed by atoms with E-state index in [0.717, 1.165) is 10.5 Å². The van der Waals surface area contributed by atoms with Gasteiger partial charge in [0.2, 0.25) is 5.91 Å². The number of aliphatic carboxylic acids is 1. The van der Waals surface area contributed by atoms with Gasteiger partial charge in [0.05, 0.1) is 18.0 Å². The zero-order chi connectivity index (χ0) is 13.4. The van der Waals surface area contributed by atoms with E-state index in [1.165, 1.54) is 16.7 Å². The van der Waals surface area contributed by atoms with Gasteiger partial charge in [0.15, 0.2) is 0 Å². The van der Waals surface area contributed by atoms with Gasteiger partial charge in [-0.05, 0) is 0 Å². The fourth-order valence-corrected chi connectivity index (χ4v) is 4.49. The normalized spacial score (nSPS) is 22.2. The predicted octanol–water partition coefficient (Wildman–Crippen LogP) is 1.24. The van der Waals surface area contributed by atoms with Crippen LogP contribution in [0.2, 0.25) is 0 Å². The van der Waals surface area contributed by atoms with Crippen LogP contribution in [0.15, 0.2) is 23.0 Å². The van der Waals surface area contributed by atoms with Crippen LogP contribution in [-0.4, -0.2) is 43.2 Å². The zero-order valence-electron chi connectivity index (χ0n) is 9.83. The molecule has 1 saturated heterocycles. The maximum Gasteiger partial charge on any atom is 0.353 e. The maximum absolute atomic E-state index is 11.5. The van der Waals surface area contributed by atoms with E-state index in [-0.39, 0.29) is 17.0 Å². The van der Waals surface area contributed by atoms with Crippen molar-refractivity contribution in [1.29, 1.82) is 0 Å². The summed E-state index contributed by atoms with van der Waals surface area (Å²) in [7, 11) is 0. The van der Waals surface area contributed by atoms with E-state index < -0.39 is 5.97 Å². The Hall–Kier alpha value is -1.41. The Balaban J connectivity index is 1.81. The average molecular weight is 297 g/mol. The minimum absolute atomic E-state index is 0.0110. The number of carbonyl (C=O) groups excluding carboxylic acids is 1. The van der Waals surface area contributed by atoms with E-state index in [0.29, 0.717) is 17.9 Å². The van der Waals surface area contributed by atoms with Crippen molar-refractivity contribution in [3.63, 3.8) is 0 Å². The molecule has 1 aromatic heterocycles. The molecule has 1 amide bonds. The first-order valence-corrected chi connectivity index (χ1v) is 7.71. The minimum Gasteiger partial charge on any atom is -0.477 e. The molecule has 1 atom stereocenters. The molecule has 0 bridgehead atoms. The second-order valence-electron chi connectivity index (χ2n) is 4.21. The number of H-pyrrole nitrogens is 1. The van der Waals surface area contributed by atoms with E-state index in [2.05, 4.69) is 10.2 Å². The van der Waals surface area contributed by atoms with Gasteiger partial charge in [0.1, 0.15) is 5.70 Å². The number of β-lactam (4-membered cyclic amide) rings is 1. The Morgan fingerprint density at radius 2 is 2.53 bits per heavy atom. The molecule has 1 aromatic rings. The van der Waals surface area contributed by atoms with Gasteiger partial charge in [-0.2, -0.15) is 5.10 Å². The summed E-state index contributed by atoms with van der Waals surface area (Å²) in [6.07, 6.45) is 3.93. The number of carbonyl (C=O) groups is 2. The molecule has 2 N–H and O–H groups in total. The number of hydrogen-bond acceptors (Lipinski definition) is 5. The summed E-state index contributed by atoms with van der Waals surface area (Å²) in [6.45, 7) is 0. The van der Waals surface area contributed by atoms with Crippen LogP contribution >= 0.6 is 23.5 Å². The molecule has 0 radical (unpaired) electrons. The summed E-state index contributed by atoms with van der Waals surface area (Å²) in [5, 5.41) is 15.9. The van der Waals surface area contributed by atoms with Crippen molar-refractivity contribution in [2.75, 3.05) is 5.75 Å². The largest absolute Gasteiger partial charge is 0.477 e. The van der Waals surface area contributed by atoms with Crippen molar-refractivity contribution in [2.24, 2.45) is 0 Å². The van der Waals surface area contributed by atoms with Crippen molar-refractivity contribution in [2.45, 2.75) is 17.5 Å². The van der Waals surface area contributed by atoms with Gasteiger partial charge in [-0.25, -0.2) is 4.79 Å². The molecule has 2 aliphatic heterocycles. The third-order valence-corrected chi connectivity index (χ3v) is 5.55. The van der Waals surface area contributed by atoms with Crippen molar-refractivity contribution in [3.8, 4) is 0 Å². The number of carboxylic acid groups (broad SMARTS) is 1. The highest BCUT2D eigenvalue weighted by Crippen LogP contribution is 2.43. The molecule has 3 rings (SSSR count). The van der Waals surface area contributed by atoms with Crippen LogP contribution in [0.1, 0.15) is 12.0 Å². The molecular weight excluding hydrogens is 286 g/mol. The summed E-state index contributed by atoms with van der Waals surface area (Å²) >= 11 is 3.08. The highest BCUT2D eigenvalue weighted by atomic mass is 32.2. The summed E-state index contributed by atoms with van der Waals surface area (Å²) in [5.74, 6) is 0.179. The van der Waals surface area contributed by atoms with Gasteiger partial charge < -0.3 is 5.11 Å². The molecule has 0 aromatic carbocycles. The first-order chi connectivity index (χ1) is 9.16. The minimum atomic E-state index is -1.02. The molecule has 0 spiro atoms. The second kappa shape index (κ2) is 4.93. The van der Waals surface area contributed by atoms with Crippen molar-refractivity contribution < 1.29 is 14.7 Å². The third-order valence-electron chi connectivity index (χ3n) is 2.99. The molecule has 0 unspecified atom stereocenters. The van der Waals surface area contributed by atoms with Crippen LogP contribution in [0.25, 0.3) is 0 Å².